The predicted molar refractivity (Wildman–Crippen MR) is 127 cm³/mol. The maximum atomic E-state index is 14.9. The number of nitrogens with zero attached hydrogens (tertiary/aromatic N) is 2. The Morgan fingerprint density at radius 2 is 1.91 bits per heavy atom. The van der Waals surface area contributed by atoms with Gasteiger partial charge in [0.1, 0.15) is 10.7 Å². The van der Waals surface area contributed by atoms with Crippen LogP contribution >= 0.6 is 11.3 Å². The zero-order chi connectivity index (χ0) is 24.7. The summed E-state index contributed by atoms with van der Waals surface area (Å²) in [6.07, 6.45) is 0. The highest BCUT2D eigenvalue weighted by atomic mass is 32.2. The maximum absolute atomic E-state index is 14.9. The lowest BCUT2D eigenvalue weighted by molar-refractivity contribution is 0.0240. The van der Waals surface area contributed by atoms with Gasteiger partial charge in [0.05, 0.1) is 11.2 Å². The molecule has 0 bridgehead atoms. The zero-order valence-corrected chi connectivity index (χ0v) is 20.6. The topological polar surface area (TPSA) is 74.3 Å². The third kappa shape index (κ3) is 5.06. The van der Waals surface area contributed by atoms with E-state index >= 15 is 0 Å². The first-order chi connectivity index (χ1) is 16.0. The van der Waals surface area contributed by atoms with Gasteiger partial charge in [0, 0.05) is 37.1 Å². The van der Waals surface area contributed by atoms with Gasteiger partial charge in [-0.2, -0.15) is 0 Å². The molecule has 0 aliphatic carbocycles. The quantitative estimate of drug-likeness (QED) is 0.440. The van der Waals surface area contributed by atoms with Crippen molar-refractivity contribution in [3.8, 4) is 0 Å². The summed E-state index contributed by atoms with van der Waals surface area (Å²) in [6.45, 7) is 7.93. The van der Waals surface area contributed by atoms with Crippen LogP contribution in [0.25, 0.3) is 0 Å². The normalized spacial score (nSPS) is 15.7. The molecule has 4 rings (SSSR count). The summed E-state index contributed by atoms with van der Waals surface area (Å²) < 4.78 is 71.8. The number of hydrogen-bond donors (Lipinski definition) is 2. The predicted octanol–water partition coefficient (Wildman–Crippen LogP) is 5.12. The van der Waals surface area contributed by atoms with Gasteiger partial charge < -0.3 is 5.32 Å². The fourth-order valence-corrected chi connectivity index (χ4v) is 6.15. The smallest absolute Gasteiger partial charge is 0.266 e. The summed E-state index contributed by atoms with van der Waals surface area (Å²) >= 11 is 1.16. The van der Waals surface area contributed by atoms with Gasteiger partial charge in [0.2, 0.25) is 0 Å². The summed E-state index contributed by atoms with van der Waals surface area (Å²) in [5, 5.41) is 4.18. The molecular formula is C23H25F3N4O2S2. The highest BCUT2D eigenvalue weighted by molar-refractivity contribution is 7.92. The monoisotopic (exact) mass is 510 g/mol. The lowest BCUT2D eigenvalue weighted by Crippen LogP contribution is -2.52. The Hall–Kier alpha value is -2.63. The van der Waals surface area contributed by atoms with Crippen LogP contribution < -0.4 is 10.0 Å². The molecule has 0 saturated carbocycles. The summed E-state index contributed by atoms with van der Waals surface area (Å²) in [6, 6.07) is 5.96. The van der Waals surface area contributed by atoms with Crippen LogP contribution in [0.1, 0.15) is 30.5 Å². The van der Waals surface area contributed by atoms with E-state index in [-0.39, 0.29) is 29.0 Å². The number of aryl methyl sites for hydroxylation is 1. The third-order valence-corrected chi connectivity index (χ3v) is 7.76. The van der Waals surface area contributed by atoms with E-state index in [9.17, 15) is 21.6 Å². The molecule has 11 heteroatoms. The van der Waals surface area contributed by atoms with Gasteiger partial charge in [0.15, 0.2) is 17.5 Å². The summed E-state index contributed by atoms with van der Waals surface area (Å²) in [7, 11) is -4.40. The molecule has 0 radical (unpaired) electrons. The summed E-state index contributed by atoms with van der Waals surface area (Å²) in [5.41, 5.74) is 2.50. The summed E-state index contributed by atoms with van der Waals surface area (Å²) in [5.74, 6) is -3.30. The van der Waals surface area contributed by atoms with Crippen molar-refractivity contribution in [2.45, 2.75) is 38.8 Å². The van der Waals surface area contributed by atoms with E-state index < -0.39 is 32.4 Å². The molecule has 0 amide bonds. The van der Waals surface area contributed by atoms with Crippen molar-refractivity contribution in [1.82, 2.24) is 9.88 Å². The van der Waals surface area contributed by atoms with Crippen molar-refractivity contribution in [2.24, 2.45) is 5.41 Å². The molecule has 1 aromatic heterocycles. The van der Waals surface area contributed by atoms with Crippen molar-refractivity contribution in [1.29, 1.82) is 0 Å². The van der Waals surface area contributed by atoms with E-state index in [2.05, 4.69) is 33.8 Å². The average molecular weight is 511 g/mol. The maximum Gasteiger partial charge on any atom is 0.266 e. The van der Waals surface area contributed by atoms with E-state index in [4.69, 9.17) is 0 Å². The van der Waals surface area contributed by atoms with E-state index in [1.807, 2.05) is 6.07 Å². The number of benzene rings is 2. The fraction of sp³-hybridized carbons (Fsp3) is 0.348. The van der Waals surface area contributed by atoms with Gasteiger partial charge in [-0.1, -0.05) is 26.0 Å². The number of anilines is 2. The minimum atomic E-state index is -4.40. The van der Waals surface area contributed by atoms with E-state index in [1.54, 1.807) is 6.07 Å². The molecule has 3 aromatic rings. The number of nitrogens with one attached hydrogen (secondary N) is 2. The van der Waals surface area contributed by atoms with Crippen LogP contribution in [-0.2, 0) is 23.1 Å². The fourth-order valence-electron chi connectivity index (χ4n) is 4.30. The Morgan fingerprint density at radius 1 is 1.18 bits per heavy atom. The van der Waals surface area contributed by atoms with Crippen LogP contribution in [-0.4, -0.2) is 31.4 Å². The van der Waals surface area contributed by atoms with Crippen molar-refractivity contribution in [3.05, 3.63) is 69.3 Å². The molecule has 0 atom stereocenters. The molecule has 0 unspecified atom stereocenters. The molecule has 2 heterocycles. The minimum absolute atomic E-state index is 0.000646. The number of halogens is 3. The van der Waals surface area contributed by atoms with E-state index in [1.165, 1.54) is 29.9 Å². The van der Waals surface area contributed by atoms with Crippen molar-refractivity contribution in [2.75, 3.05) is 23.1 Å². The van der Waals surface area contributed by atoms with Crippen molar-refractivity contribution >= 4 is 32.9 Å². The minimum Gasteiger partial charge on any atom is -0.378 e. The van der Waals surface area contributed by atoms with Crippen LogP contribution in [0.5, 0.6) is 0 Å². The van der Waals surface area contributed by atoms with Crippen molar-refractivity contribution < 1.29 is 21.6 Å². The number of rotatable bonds is 8. The highest BCUT2D eigenvalue weighted by Gasteiger charge is 2.34. The average Bonchev–Trinajstić information content (AvgIpc) is 3.21. The molecular weight excluding hydrogens is 485 g/mol. The highest BCUT2D eigenvalue weighted by Crippen LogP contribution is 2.32. The van der Waals surface area contributed by atoms with Crippen LogP contribution in [0.4, 0.5) is 24.7 Å². The molecule has 182 valence electrons. The van der Waals surface area contributed by atoms with Gasteiger partial charge >= 0.3 is 0 Å². The standard InChI is InChI=1S/C23H25F3N4O2S2/c1-14-7-18(20(25)21(26)22(14)34(31,32)29-19-10-33-13-28-19)27-8-16-15(5-4-6-17(16)24)9-30-11-23(2,3)12-30/h4-7,10,13,27,29H,8-9,11-12H2,1-3H3. The van der Waals surface area contributed by atoms with Crippen molar-refractivity contribution in [3.63, 3.8) is 0 Å². The second-order valence-electron chi connectivity index (χ2n) is 9.22. The van der Waals surface area contributed by atoms with Gasteiger partial charge in [0.25, 0.3) is 10.0 Å². The van der Waals surface area contributed by atoms with Gasteiger partial charge in [-0.15, -0.1) is 11.3 Å². The van der Waals surface area contributed by atoms with Crippen LogP contribution in [0.3, 0.4) is 0 Å². The van der Waals surface area contributed by atoms with Crippen LogP contribution in [0.2, 0.25) is 0 Å². The Bertz CT molecular complexity index is 1300. The molecule has 6 nitrogen and oxygen atoms in total. The number of thiazole rings is 1. The van der Waals surface area contributed by atoms with Crippen LogP contribution in [0, 0.1) is 29.8 Å². The first-order valence-electron chi connectivity index (χ1n) is 10.6. The second kappa shape index (κ2) is 9.20. The first kappa shape index (κ1) is 24.5. The number of likely N-dealkylation sites (tertiary alicyclic amines) is 1. The van der Waals surface area contributed by atoms with Crippen LogP contribution in [0.15, 0.2) is 40.1 Å². The third-order valence-electron chi connectivity index (χ3n) is 5.66. The molecule has 1 aliphatic rings. The lowest BCUT2D eigenvalue weighted by atomic mass is 9.84. The molecule has 2 N–H and O–H groups in total. The van der Waals surface area contributed by atoms with Gasteiger partial charge in [-0.3, -0.25) is 9.62 Å². The number of hydrogen-bond acceptors (Lipinski definition) is 6. The first-order valence-corrected chi connectivity index (χ1v) is 13.0. The Kier molecular flexibility index (Phi) is 6.63. The van der Waals surface area contributed by atoms with Gasteiger partial charge in [-0.25, -0.2) is 26.6 Å². The zero-order valence-electron chi connectivity index (χ0n) is 19.0. The molecule has 2 aromatic carbocycles. The molecule has 34 heavy (non-hydrogen) atoms. The Balaban J connectivity index is 1.56. The van der Waals surface area contributed by atoms with E-state index in [0.717, 1.165) is 30.0 Å². The molecule has 1 saturated heterocycles. The Labute approximate surface area is 200 Å². The summed E-state index contributed by atoms with van der Waals surface area (Å²) in [4.78, 5) is 5.20. The lowest BCUT2D eigenvalue weighted by Gasteiger charge is -2.46. The molecule has 0 spiro atoms. The molecule has 1 aliphatic heterocycles. The second-order valence-corrected chi connectivity index (χ2v) is 11.6. The van der Waals surface area contributed by atoms with E-state index in [0.29, 0.717) is 12.1 Å². The largest absolute Gasteiger partial charge is 0.378 e. The molecule has 1 fully saturated rings. The van der Waals surface area contributed by atoms with Gasteiger partial charge in [-0.05, 0) is 35.6 Å². The number of sulfonamides is 1. The number of aromatic nitrogens is 1. The Morgan fingerprint density at radius 3 is 2.56 bits per heavy atom. The SMILES string of the molecule is Cc1cc(NCc2c(F)cccc2CN2CC(C)(C)C2)c(F)c(F)c1S(=O)(=O)Nc1cscn1.